The van der Waals surface area contributed by atoms with Crippen molar-refractivity contribution in [1.82, 2.24) is 0 Å². The normalized spacial score (nSPS) is 14.1. The lowest BCUT2D eigenvalue weighted by Gasteiger charge is -2.14. The SMILES string of the molecule is Nc1ccc(OC(=O)C2=c3cc4c(cc3C(=O)C=C2)=CC=CC4)c(C(=O)O)c1. The molecule has 138 valence electrons. The number of benzene rings is 2. The van der Waals surface area contributed by atoms with Crippen LogP contribution in [-0.4, -0.2) is 22.8 Å². The van der Waals surface area contributed by atoms with Gasteiger partial charge < -0.3 is 15.6 Å². The Hall–Kier alpha value is -3.93. The summed E-state index contributed by atoms with van der Waals surface area (Å²) in [6, 6.07) is 7.58. The molecule has 0 saturated carbocycles. The third-order valence-corrected chi connectivity index (χ3v) is 4.64. The fourth-order valence-electron chi connectivity index (χ4n) is 3.26. The minimum absolute atomic E-state index is 0.111. The quantitative estimate of drug-likeness (QED) is 0.478. The van der Waals surface area contributed by atoms with Crippen molar-refractivity contribution in [1.29, 1.82) is 0 Å². The highest BCUT2D eigenvalue weighted by atomic mass is 16.5. The molecular weight excluding hydrogens is 358 g/mol. The topological polar surface area (TPSA) is 107 Å². The van der Waals surface area contributed by atoms with Gasteiger partial charge in [0.2, 0.25) is 0 Å². The number of carboxylic acids is 1. The van der Waals surface area contributed by atoms with Crippen molar-refractivity contribution in [2.75, 3.05) is 5.73 Å². The zero-order chi connectivity index (χ0) is 19.8. The van der Waals surface area contributed by atoms with Crippen molar-refractivity contribution in [3.8, 4) is 5.75 Å². The van der Waals surface area contributed by atoms with Gasteiger partial charge >= 0.3 is 11.9 Å². The van der Waals surface area contributed by atoms with Crippen molar-refractivity contribution >= 4 is 35.1 Å². The molecule has 0 fully saturated rings. The van der Waals surface area contributed by atoms with E-state index in [0.29, 0.717) is 17.2 Å². The van der Waals surface area contributed by atoms with Crippen molar-refractivity contribution < 1.29 is 24.2 Å². The number of hydrogen-bond acceptors (Lipinski definition) is 5. The van der Waals surface area contributed by atoms with E-state index in [9.17, 15) is 19.5 Å². The van der Waals surface area contributed by atoms with E-state index >= 15 is 0 Å². The average Bonchev–Trinajstić information content (AvgIpc) is 2.68. The Labute approximate surface area is 159 Å². The molecule has 28 heavy (non-hydrogen) atoms. The van der Waals surface area contributed by atoms with Crippen LogP contribution < -0.4 is 20.9 Å². The molecule has 0 saturated heterocycles. The third kappa shape index (κ3) is 3.01. The fourth-order valence-corrected chi connectivity index (χ4v) is 3.26. The summed E-state index contributed by atoms with van der Waals surface area (Å²) in [6.45, 7) is 0. The van der Waals surface area contributed by atoms with Crippen LogP contribution in [-0.2, 0) is 11.2 Å². The molecule has 0 bridgehead atoms. The first-order valence-corrected chi connectivity index (χ1v) is 8.55. The molecule has 0 aromatic heterocycles. The Kier molecular flexibility index (Phi) is 4.16. The largest absolute Gasteiger partial charge is 0.478 e. The van der Waals surface area contributed by atoms with Crippen LogP contribution in [0.2, 0.25) is 0 Å². The first-order chi connectivity index (χ1) is 13.4. The summed E-state index contributed by atoms with van der Waals surface area (Å²) in [5.74, 6) is -2.31. The van der Waals surface area contributed by atoms with E-state index in [4.69, 9.17) is 10.5 Å². The number of anilines is 1. The minimum Gasteiger partial charge on any atom is -0.478 e. The molecule has 2 aliphatic rings. The van der Waals surface area contributed by atoms with E-state index in [2.05, 4.69) is 0 Å². The van der Waals surface area contributed by atoms with Gasteiger partial charge in [0.05, 0.1) is 5.57 Å². The number of carboxylic acid groups (broad SMARTS) is 1. The summed E-state index contributed by atoms with van der Waals surface area (Å²) in [5, 5.41) is 10.7. The number of hydrogen-bond donors (Lipinski definition) is 2. The summed E-state index contributed by atoms with van der Waals surface area (Å²) in [5.41, 5.74) is 7.25. The number of nitrogens with two attached hydrogens (primary N) is 1. The third-order valence-electron chi connectivity index (χ3n) is 4.64. The molecule has 6 nitrogen and oxygen atoms in total. The van der Waals surface area contributed by atoms with Crippen molar-refractivity contribution in [2.24, 2.45) is 0 Å². The molecule has 2 aromatic rings. The number of ether oxygens (including phenoxy) is 1. The lowest BCUT2D eigenvalue weighted by atomic mass is 9.92. The summed E-state index contributed by atoms with van der Waals surface area (Å²) in [6.07, 6.45) is 9.23. The smallest absolute Gasteiger partial charge is 0.344 e. The maximum Gasteiger partial charge on any atom is 0.344 e. The molecule has 0 heterocycles. The molecule has 2 aromatic carbocycles. The van der Waals surface area contributed by atoms with E-state index in [1.165, 1.54) is 30.4 Å². The maximum absolute atomic E-state index is 12.8. The van der Waals surface area contributed by atoms with Crippen LogP contribution in [0.4, 0.5) is 5.69 Å². The van der Waals surface area contributed by atoms with Crippen LogP contribution in [0.3, 0.4) is 0 Å². The van der Waals surface area contributed by atoms with E-state index in [0.717, 1.165) is 10.8 Å². The molecule has 6 heteroatoms. The fraction of sp³-hybridized carbons (Fsp3) is 0.0455. The standard InChI is InChI=1S/C22H15NO5/c23-14-5-8-20(18(11-14)21(25)26)28-22(27)15-6-7-19(24)17-10-13-4-2-1-3-12(13)9-16(15)17/h1-2,4-11H,3,23H2,(H,25,26). The van der Waals surface area contributed by atoms with E-state index in [1.54, 1.807) is 6.07 Å². The van der Waals surface area contributed by atoms with Gasteiger partial charge in [-0.1, -0.05) is 18.2 Å². The van der Waals surface area contributed by atoms with Crippen LogP contribution in [0, 0.1) is 0 Å². The highest BCUT2D eigenvalue weighted by Gasteiger charge is 2.22. The van der Waals surface area contributed by atoms with Crippen LogP contribution >= 0.6 is 0 Å². The van der Waals surface area contributed by atoms with E-state index < -0.39 is 11.9 Å². The summed E-state index contributed by atoms with van der Waals surface area (Å²) < 4.78 is 5.34. The number of aromatic carboxylic acids is 1. The van der Waals surface area contributed by atoms with Gasteiger partial charge in [0, 0.05) is 16.5 Å². The molecule has 0 amide bonds. The number of rotatable bonds is 3. The van der Waals surface area contributed by atoms with Gasteiger partial charge in [0.15, 0.2) is 5.78 Å². The number of esters is 1. The Morgan fingerprint density at radius 3 is 2.71 bits per heavy atom. The van der Waals surface area contributed by atoms with Crippen molar-refractivity contribution in [3.05, 3.63) is 81.8 Å². The highest BCUT2D eigenvalue weighted by Crippen LogP contribution is 2.23. The maximum atomic E-state index is 12.8. The number of carbonyl (C=O) groups is 3. The number of fused-ring (bicyclic) bond motifs is 2. The summed E-state index contributed by atoms with van der Waals surface area (Å²) >= 11 is 0. The zero-order valence-electron chi connectivity index (χ0n) is 14.6. The Morgan fingerprint density at radius 2 is 1.93 bits per heavy atom. The predicted molar refractivity (Wildman–Crippen MR) is 103 cm³/mol. The molecule has 0 unspecified atom stereocenters. The van der Waals surface area contributed by atoms with Crippen molar-refractivity contribution in [3.63, 3.8) is 0 Å². The Morgan fingerprint density at radius 1 is 1.11 bits per heavy atom. The second-order valence-electron chi connectivity index (χ2n) is 6.46. The van der Waals surface area contributed by atoms with E-state index in [1.807, 2.05) is 24.3 Å². The molecule has 0 aliphatic heterocycles. The van der Waals surface area contributed by atoms with Gasteiger partial charge in [0.1, 0.15) is 11.3 Å². The zero-order valence-corrected chi connectivity index (χ0v) is 14.6. The van der Waals surface area contributed by atoms with Gasteiger partial charge in [0.25, 0.3) is 0 Å². The summed E-state index contributed by atoms with van der Waals surface area (Å²) in [7, 11) is 0. The molecule has 2 aliphatic carbocycles. The lowest BCUT2D eigenvalue weighted by Crippen LogP contribution is -2.30. The second kappa shape index (κ2) is 6.66. The Bertz CT molecular complexity index is 1230. The van der Waals surface area contributed by atoms with Gasteiger partial charge in [-0.2, -0.15) is 0 Å². The molecule has 4 rings (SSSR count). The molecule has 3 N–H and O–H groups in total. The number of allylic oxidation sites excluding steroid dienone is 3. The molecule has 0 atom stereocenters. The van der Waals surface area contributed by atoms with Gasteiger partial charge in [-0.25, -0.2) is 9.59 Å². The Balaban J connectivity index is 1.82. The number of nitrogen functional groups attached to an aromatic ring is 1. The first-order valence-electron chi connectivity index (χ1n) is 8.55. The van der Waals surface area contributed by atoms with Crippen LogP contribution in [0.15, 0.2) is 54.6 Å². The van der Waals surface area contributed by atoms with Crippen LogP contribution in [0.25, 0.3) is 11.6 Å². The monoisotopic (exact) mass is 373 g/mol. The number of carbonyl (C=O) groups excluding carboxylic acids is 2. The van der Waals surface area contributed by atoms with E-state index in [-0.39, 0.29) is 28.4 Å². The van der Waals surface area contributed by atoms with Crippen molar-refractivity contribution in [2.45, 2.75) is 6.42 Å². The van der Waals surface area contributed by atoms with Gasteiger partial charge in [-0.3, -0.25) is 4.79 Å². The lowest BCUT2D eigenvalue weighted by molar-refractivity contribution is -0.127. The highest BCUT2D eigenvalue weighted by molar-refractivity contribution is 6.21. The minimum atomic E-state index is -1.26. The van der Waals surface area contributed by atoms with Crippen LogP contribution in [0.5, 0.6) is 5.75 Å². The first kappa shape index (κ1) is 17.5. The average molecular weight is 373 g/mol. The molecule has 0 spiro atoms. The van der Waals surface area contributed by atoms with Crippen LogP contribution in [0.1, 0.15) is 26.3 Å². The second-order valence-corrected chi connectivity index (χ2v) is 6.46. The summed E-state index contributed by atoms with van der Waals surface area (Å²) in [4.78, 5) is 36.5. The van der Waals surface area contributed by atoms with Gasteiger partial charge in [-0.15, -0.1) is 0 Å². The molecular formula is C22H15NO5. The molecule has 0 radical (unpaired) electrons. The predicted octanol–water partition coefficient (Wildman–Crippen LogP) is 1.37. The number of ketones is 1. The van der Waals surface area contributed by atoms with Gasteiger partial charge in [-0.05, 0) is 59.7 Å².